The fourth-order valence-corrected chi connectivity index (χ4v) is 2.41. The lowest BCUT2D eigenvalue weighted by Crippen LogP contribution is -2.23. The van der Waals surface area contributed by atoms with E-state index in [4.69, 9.17) is 4.74 Å². The van der Waals surface area contributed by atoms with Crippen LogP contribution in [0.2, 0.25) is 0 Å². The molecule has 0 bridgehead atoms. The first-order valence-electron chi connectivity index (χ1n) is 5.37. The third-order valence-electron chi connectivity index (χ3n) is 2.44. The van der Waals surface area contributed by atoms with Gasteiger partial charge in [0.2, 0.25) is 0 Å². The Hall–Kier alpha value is -1.54. The summed E-state index contributed by atoms with van der Waals surface area (Å²) in [4.78, 5) is 10.8. The molecule has 0 fully saturated rings. The van der Waals surface area contributed by atoms with Crippen molar-refractivity contribution in [1.29, 1.82) is 0 Å². The second-order valence-electron chi connectivity index (χ2n) is 3.65. The standard InChI is InChI=1S/C12H14NO3P/c14-6-10-11(15)2-1-3-12(10)16-7-9-8-17-5-4-13-9/h1-3,6,8,13,15,17H,4-5,7H2. The highest BCUT2D eigenvalue weighted by Gasteiger charge is 2.09. The zero-order chi connectivity index (χ0) is 12.1. The summed E-state index contributed by atoms with van der Waals surface area (Å²) in [6.07, 6.45) is 1.77. The van der Waals surface area contributed by atoms with Crippen molar-refractivity contribution in [2.45, 2.75) is 0 Å². The van der Waals surface area contributed by atoms with Crippen LogP contribution in [0.25, 0.3) is 0 Å². The predicted molar refractivity (Wildman–Crippen MR) is 68.3 cm³/mol. The van der Waals surface area contributed by atoms with Crippen molar-refractivity contribution in [2.24, 2.45) is 0 Å². The molecule has 90 valence electrons. The van der Waals surface area contributed by atoms with Crippen molar-refractivity contribution in [3.8, 4) is 11.5 Å². The molecule has 1 aliphatic rings. The summed E-state index contributed by atoms with van der Waals surface area (Å²) in [6.45, 7) is 1.37. The summed E-state index contributed by atoms with van der Waals surface area (Å²) in [5, 5.41) is 12.7. The van der Waals surface area contributed by atoms with Gasteiger partial charge in [0, 0.05) is 12.2 Å². The maximum atomic E-state index is 10.8. The number of aromatic hydroxyl groups is 1. The molecule has 4 nitrogen and oxygen atoms in total. The number of benzene rings is 1. The summed E-state index contributed by atoms with van der Waals surface area (Å²) in [5.74, 6) is 2.48. The van der Waals surface area contributed by atoms with Crippen LogP contribution in [-0.4, -0.2) is 30.7 Å². The molecular weight excluding hydrogens is 237 g/mol. The first-order valence-corrected chi connectivity index (χ1v) is 6.66. The summed E-state index contributed by atoms with van der Waals surface area (Å²) in [7, 11) is 0.821. The Labute approximate surface area is 101 Å². The van der Waals surface area contributed by atoms with Gasteiger partial charge in [-0.3, -0.25) is 4.79 Å². The fourth-order valence-electron chi connectivity index (χ4n) is 1.57. The van der Waals surface area contributed by atoms with Crippen LogP contribution in [0.15, 0.2) is 29.7 Å². The number of carbonyl (C=O) groups is 1. The third-order valence-corrected chi connectivity index (χ3v) is 3.53. The van der Waals surface area contributed by atoms with Gasteiger partial charge < -0.3 is 15.2 Å². The first-order chi connectivity index (χ1) is 8.31. The number of hydrogen-bond acceptors (Lipinski definition) is 4. The Kier molecular flexibility index (Phi) is 3.99. The van der Waals surface area contributed by atoms with E-state index in [-0.39, 0.29) is 11.3 Å². The number of phenolic OH excluding ortho intramolecular Hbond substituents is 1. The maximum Gasteiger partial charge on any atom is 0.157 e. The average Bonchev–Trinajstić information content (AvgIpc) is 2.37. The van der Waals surface area contributed by atoms with Crippen molar-refractivity contribution < 1.29 is 14.6 Å². The number of nitrogens with one attached hydrogen (secondary N) is 1. The molecule has 2 rings (SSSR count). The number of ether oxygens (including phenoxy) is 1. The largest absolute Gasteiger partial charge is 0.507 e. The Morgan fingerprint density at radius 1 is 1.53 bits per heavy atom. The molecule has 2 N–H and O–H groups in total. The zero-order valence-corrected chi connectivity index (χ0v) is 10.3. The van der Waals surface area contributed by atoms with E-state index in [0.29, 0.717) is 18.6 Å². The normalized spacial score (nSPS) is 16.1. The molecule has 1 heterocycles. The van der Waals surface area contributed by atoms with E-state index in [9.17, 15) is 9.90 Å². The second-order valence-corrected chi connectivity index (χ2v) is 4.84. The van der Waals surface area contributed by atoms with Crippen molar-refractivity contribution >= 4 is 14.9 Å². The molecule has 1 aliphatic heterocycles. The molecular formula is C12H14NO3P. The van der Waals surface area contributed by atoms with Crippen molar-refractivity contribution in [2.75, 3.05) is 19.3 Å². The third kappa shape index (κ3) is 2.98. The van der Waals surface area contributed by atoms with E-state index in [1.165, 1.54) is 6.07 Å². The molecule has 0 radical (unpaired) electrons. The van der Waals surface area contributed by atoms with Gasteiger partial charge in [-0.1, -0.05) is 14.6 Å². The second kappa shape index (κ2) is 5.69. The molecule has 0 saturated carbocycles. The van der Waals surface area contributed by atoms with Gasteiger partial charge in [-0.15, -0.1) is 0 Å². The number of carbonyl (C=O) groups excluding carboxylic acids is 1. The Balaban J connectivity index is 2.05. The molecule has 17 heavy (non-hydrogen) atoms. The minimum Gasteiger partial charge on any atom is -0.507 e. The van der Waals surface area contributed by atoms with Gasteiger partial charge >= 0.3 is 0 Å². The quantitative estimate of drug-likeness (QED) is 0.631. The minimum absolute atomic E-state index is 0.0510. The van der Waals surface area contributed by atoms with Gasteiger partial charge in [0.1, 0.15) is 18.1 Å². The van der Waals surface area contributed by atoms with Gasteiger partial charge in [0.25, 0.3) is 0 Å². The average molecular weight is 251 g/mol. The monoisotopic (exact) mass is 251 g/mol. The van der Waals surface area contributed by atoms with Crippen LogP contribution in [0.4, 0.5) is 0 Å². The summed E-state index contributed by atoms with van der Waals surface area (Å²) < 4.78 is 5.53. The Morgan fingerprint density at radius 2 is 2.41 bits per heavy atom. The smallest absolute Gasteiger partial charge is 0.157 e. The van der Waals surface area contributed by atoms with Crippen LogP contribution >= 0.6 is 8.58 Å². The van der Waals surface area contributed by atoms with Gasteiger partial charge in [-0.25, -0.2) is 0 Å². The van der Waals surface area contributed by atoms with E-state index < -0.39 is 0 Å². The molecule has 1 aromatic carbocycles. The summed E-state index contributed by atoms with van der Waals surface area (Å²) in [5.41, 5.74) is 1.24. The van der Waals surface area contributed by atoms with E-state index in [2.05, 4.69) is 11.1 Å². The lowest BCUT2D eigenvalue weighted by atomic mass is 10.2. The van der Waals surface area contributed by atoms with E-state index in [0.717, 1.165) is 27.0 Å². The predicted octanol–water partition coefficient (Wildman–Crippen LogP) is 1.71. The number of hydrogen-bond donors (Lipinski definition) is 2. The van der Waals surface area contributed by atoms with E-state index in [1.807, 2.05) is 0 Å². The van der Waals surface area contributed by atoms with Gasteiger partial charge in [-0.2, -0.15) is 0 Å². The zero-order valence-electron chi connectivity index (χ0n) is 9.27. The van der Waals surface area contributed by atoms with E-state index >= 15 is 0 Å². The highest BCUT2D eigenvalue weighted by atomic mass is 31.1. The van der Waals surface area contributed by atoms with Crippen LogP contribution in [0.1, 0.15) is 10.4 Å². The highest BCUT2D eigenvalue weighted by molar-refractivity contribution is 7.41. The molecule has 0 spiro atoms. The number of phenols is 1. The van der Waals surface area contributed by atoms with Crippen molar-refractivity contribution in [3.63, 3.8) is 0 Å². The first kappa shape index (κ1) is 11.9. The van der Waals surface area contributed by atoms with Crippen LogP contribution in [0.3, 0.4) is 0 Å². The minimum atomic E-state index is -0.0510. The Morgan fingerprint density at radius 3 is 3.12 bits per heavy atom. The molecule has 1 aromatic rings. The maximum absolute atomic E-state index is 10.8. The molecule has 1 unspecified atom stereocenters. The SMILES string of the molecule is O=Cc1c(O)cccc1OCC1=CPCCN1. The molecule has 0 aromatic heterocycles. The van der Waals surface area contributed by atoms with E-state index in [1.54, 1.807) is 12.1 Å². The molecule has 0 aliphatic carbocycles. The fraction of sp³-hybridized carbons (Fsp3) is 0.250. The summed E-state index contributed by atoms with van der Waals surface area (Å²) >= 11 is 0. The Bertz CT molecular complexity index is 445. The number of rotatable bonds is 4. The molecule has 1 atom stereocenters. The van der Waals surface area contributed by atoms with Crippen LogP contribution in [-0.2, 0) is 0 Å². The lowest BCUT2D eigenvalue weighted by molar-refractivity contribution is 0.111. The topological polar surface area (TPSA) is 58.6 Å². The number of aldehydes is 1. The van der Waals surface area contributed by atoms with Crippen LogP contribution in [0.5, 0.6) is 11.5 Å². The van der Waals surface area contributed by atoms with Crippen molar-refractivity contribution in [1.82, 2.24) is 5.32 Å². The molecule has 0 amide bonds. The lowest BCUT2D eigenvalue weighted by Gasteiger charge is -2.16. The van der Waals surface area contributed by atoms with Gasteiger partial charge in [0.05, 0.1) is 5.56 Å². The summed E-state index contributed by atoms with van der Waals surface area (Å²) in [6, 6.07) is 4.80. The van der Waals surface area contributed by atoms with Gasteiger partial charge in [-0.05, 0) is 24.1 Å². The van der Waals surface area contributed by atoms with Gasteiger partial charge in [0.15, 0.2) is 6.29 Å². The van der Waals surface area contributed by atoms with Crippen LogP contribution < -0.4 is 10.1 Å². The highest BCUT2D eigenvalue weighted by Crippen LogP contribution is 2.26. The van der Waals surface area contributed by atoms with Crippen molar-refractivity contribution in [3.05, 3.63) is 35.3 Å². The van der Waals surface area contributed by atoms with Crippen LogP contribution in [0, 0.1) is 0 Å². The molecule has 5 heteroatoms. The molecule has 0 saturated heterocycles.